The zero-order valence-corrected chi connectivity index (χ0v) is 17.6. The van der Waals surface area contributed by atoms with Gasteiger partial charge in [0.2, 0.25) is 0 Å². The van der Waals surface area contributed by atoms with Crippen molar-refractivity contribution in [2.24, 2.45) is 0 Å². The van der Waals surface area contributed by atoms with E-state index in [1.807, 2.05) is 31.5 Å². The van der Waals surface area contributed by atoms with Crippen LogP contribution in [0.5, 0.6) is 0 Å². The first-order valence-electron chi connectivity index (χ1n) is 8.48. The van der Waals surface area contributed by atoms with Crippen molar-refractivity contribution >= 4 is 45.4 Å². The third kappa shape index (κ3) is 3.73. The van der Waals surface area contributed by atoms with E-state index in [1.54, 1.807) is 18.2 Å². The molecule has 3 rings (SSSR count). The molecular formula is C17H24IN5O3. The predicted molar refractivity (Wildman–Crippen MR) is 107 cm³/mol. The lowest BCUT2D eigenvalue weighted by Gasteiger charge is -2.28. The third-order valence-electron chi connectivity index (χ3n) is 4.33. The Bertz CT molecular complexity index is 817. The van der Waals surface area contributed by atoms with Crippen molar-refractivity contribution in [1.29, 1.82) is 0 Å². The molecule has 0 spiro atoms. The van der Waals surface area contributed by atoms with Gasteiger partial charge in [-0.2, -0.15) is 5.10 Å². The quantitative estimate of drug-likeness (QED) is 0.690. The number of aromatic nitrogens is 3. The summed E-state index contributed by atoms with van der Waals surface area (Å²) >= 11 is 2.17. The fraction of sp³-hybridized carbons (Fsp3) is 0.588. The zero-order chi connectivity index (χ0) is 19.1. The Kier molecular flexibility index (Phi) is 5.29. The fourth-order valence-corrected chi connectivity index (χ4v) is 4.10. The van der Waals surface area contributed by atoms with Gasteiger partial charge < -0.3 is 20.1 Å². The molecule has 26 heavy (non-hydrogen) atoms. The lowest BCUT2D eigenvalue weighted by molar-refractivity contribution is 0.0145. The summed E-state index contributed by atoms with van der Waals surface area (Å²) in [5, 5.41) is 5.51. The number of fused-ring (bicyclic) bond motifs is 1. The van der Waals surface area contributed by atoms with Crippen molar-refractivity contribution in [2.45, 2.75) is 44.9 Å². The number of ether oxygens (including phenoxy) is 2. The second-order valence-electron chi connectivity index (χ2n) is 7.46. The largest absolute Gasteiger partial charge is 0.444 e. The van der Waals surface area contributed by atoms with E-state index in [-0.39, 0.29) is 18.2 Å². The number of anilines is 1. The van der Waals surface area contributed by atoms with Crippen LogP contribution in [0.3, 0.4) is 0 Å². The Morgan fingerprint density at radius 2 is 2.19 bits per heavy atom. The first-order chi connectivity index (χ1) is 12.2. The van der Waals surface area contributed by atoms with Crippen LogP contribution < -0.4 is 5.73 Å². The van der Waals surface area contributed by atoms with Crippen molar-refractivity contribution in [1.82, 2.24) is 19.7 Å². The number of carbonyl (C=O) groups is 1. The van der Waals surface area contributed by atoms with Crippen LogP contribution in [0.15, 0.2) is 12.3 Å². The lowest BCUT2D eigenvalue weighted by atomic mass is 10.2. The highest BCUT2D eigenvalue weighted by molar-refractivity contribution is 14.1. The van der Waals surface area contributed by atoms with Crippen LogP contribution in [0.2, 0.25) is 0 Å². The summed E-state index contributed by atoms with van der Waals surface area (Å²) in [5.41, 5.74) is 6.40. The van der Waals surface area contributed by atoms with E-state index in [0.29, 0.717) is 19.0 Å². The number of halogens is 1. The average molecular weight is 473 g/mol. The van der Waals surface area contributed by atoms with Gasteiger partial charge in [0, 0.05) is 19.9 Å². The number of nitrogen functional groups attached to an aromatic ring is 1. The summed E-state index contributed by atoms with van der Waals surface area (Å²) < 4.78 is 13.6. The van der Waals surface area contributed by atoms with Crippen LogP contribution in [0, 0.1) is 3.70 Å². The Morgan fingerprint density at radius 3 is 2.85 bits per heavy atom. The summed E-state index contributed by atoms with van der Waals surface area (Å²) in [6, 6.07) is 1.87. The molecule has 0 unspecified atom stereocenters. The van der Waals surface area contributed by atoms with Crippen LogP contribution in [0.1, 0.15) is 33.2 Å². The number of carbonyl (C=O) groups excluding carboxylic acids is 1. The molecule has 1 fully saturated rings. The van der Waals surface area contributed by atoms with Gasteiger partial charge in [0.15, 0.2) is 0 Å². The summed E-state index contributed by atoms with van der Waals surface area (Å²) in [4.78, 5) is 18.5. The van der Waals surface area contributed by atoms with Gasteiger partial charge in [-0.1, -0.05) is 0 Å². The lowest BCUT2D eigenvalue weighted by Crippen LogP contribution is -2.41. The summed E-state index contributed by atoms with van der Waals surface area (Å²) in [7, 11) is 1.64. The molecule has 2 aromatic rings. The Hall–Kier alpha value is -1.62. The van der Waals surface area contributed by atoms with Gasteiger partial charge in [-0.05, 0) is 55.8 Å². The Morgan fingerprint density at radius 1 is 1.46 bits per heavy atom. The molecule has 9 heteroatoms. The van der Waals surface area contributed by atoms with Gasteiger partial charge >= 0.3 is 6.09 Å². The van der Waals surface area contributed by atoms with Gasteiger partial charge in [0.25, 0.3) is 0 Å². The molecule has 2 N–H and O–H groups in total. The number of nitrogens with zero attached hydrogens (tertiary/aromatic N) is 4. The van der Waals surface area contributed by atoms with Crippen LogP contribution in [-0.4, -0.2) is 57.7 Å². The van der Waals surface area contributed by atoms with E-state index in [1.165, 1.54) is 0 Å². The predicted octanol–water partition coefficient (Wildman–Crippen LogP) is 2.82. The minimum atomic E-state index is -0.541. The molecule has 0 saturated carbocycles. The maximum Gasteiger partial charge on any atom is 0.410 e. The number of amides is 1. The van der Waals surface area contributed by atoms with Crippen LogP contribution in [-0.2, 0) is 9.47 Å². The highest BCUT2D eigenvalue weighted by atomic mass is 127. The molecule has 1 aliphatic rings. The molecule has 142 valence electrons. The second-order valence-corrected chi connectivity index (χ2v) is 8.48. The van der Waals surface area contributed by atoms with Crippen molar-refractivity contribution in [3.05, 3.63) is 16.0 Å². The first-order valence-corrected chi connectivity index (χ1v) is 9.56. The van der Waals surface area contributed by atoms with E-state index in [9.17, 15) is 4.79 Å². The molecule has 0 radical (unpaired) electrons. The van der Waals surface area contributed by atoms with Crippen molar-refractivity contribution in [3.8, 4) is 0 Å². The number of methoxy groups -OCH3 is 1. The molecule has 8 nitrogen and oxygen atoms in total. The number of likely N-dealkylation sites (tertiary alicyclic amines) is 1. The van der Waals surface area contributed by atoms with Crippen molar-refractivity contribution in [3.63, 3.8) is 0 Å². The number of hydrogen-bond acceptors (Lipinski definition) is 6. The number of pyridine rings is 1. The van der Waals surface area contributed by atoms with Gasteiger partial charge in [-0.25, -0.2) is 9.78 Å². The molecule has 1 amide bonds. The second kappa shape index (κ2) is 7.18. The standard InChI is InChI=1S/C17H24IN5O3/c1-17(2,3)26-16(24)22-8-10(7-11(22)9-25-4)23-12-5-6-20-15(19)13(12)14(18)21-23/h5-6,10-11H,7-9H2,1-4H3,(H2,19,20)/t10-,11+/m0/s1. The van der Waals surface area contributed by atoms with E-state index >= 15 is 0 Å². The van der Waals surface area contributed by atoms with Gasteiger partial charge in [0.1, 0.15) is 15.1 Å². The fourth-order valence-electron chi connectivity index (χ4n) is 3.31. The Labute approximate surface area is 166 Å². The maximum atomic E-state index is 12.6. The molecule has 0 aromatic carbocycles. The minimum Gasteiger partial charge on any atom is -0.444 e. The average Bonchev–Trinajstić information content (AvgIpc) is 3.08. The van der Waals surface area contributed by atoms with E-state index in [4.69, 9.17) is 15.2 Å². The molecule has 0 bridgehead atoms. The zero-order valence-electron chi connectivity index (χ0n) is 15.4. The molecule has 0 aliphatic carbocycles. The molecule has 2 aromatic heterocycles. The van der Waals surface area contributed by atoms with Gasteiger partial charge in [0.05, 0.1) is 29.6 Å². The van der Waals surface area contributed by atoms with Crippen LogP contribution in [0.4, 0.5) is 10.6 Å². The highest BCUT2D eigenvalue weighted by Gasteiger charge is 2.39. The third-order valence-corrected chi connectivity index (χ3v) is 5.09. The van der Waals surface area contributed by atoms with Gasteiger partial charge in [-0.3, -0.25) is 4.68 Å². The summed E-state index contributed by atoms with van der Waals surface area (Å²) in [5.74, 6) is 0.466. The number of rotatable bonds is 3. The van der Waals surface area contributed by atoms with E-state index in [2.05, 4.69) is 32.7 Å². The van der Waals surface area contributed by atoms with E-state index < -0.39 is 5.60 Å². The highest BCUT2D eigenvalue weighted by Crippen LogP contribution is 2.33. The van der Waals surface area contributed by atoms with Crippen LogP contribution >= 0.6 is 22.6 Å². The molecular weight excluding hydrogens is 449 g/mol. The SMILES string of the molecule is COC[C@H]1C[C@H](n2nc(I)c3c(N)nccc32)CN1C(=O)OC(C)(C)C. The summed E-state index contributed by atoms with van der Waals surface area (Å²) in [6.45, 7) is 6.56. The minimum absolute atomic E-state index is 0.0236. The molecule has 1 aliphatic heterocycles. The summed E-state index contributed by atoms with van der Waals surface area (Å²) in [6.07, 6.45) is 2.09. The number of hydrogen-bond donors (Lipinski definition) is 1. The van der Waals surface area contributed by atoms with Crippen molar-refractivity contribution in [2.75, 3.05) is 26.0 Å². The number of nitrogens with two attached hydrogens (primary N) is 1. The van der Waals surface area contributed by atoms with E-state index in [0.717, 1.165) is 21.0 Å². The first kappa shape index (κ1) is 19.2. The molecule has 1 saturated heterocycles. The normalized spacial score (nSPS) is 20.7. The monoisotopic (exact) mass is 473 g/mol. The topological polar surface area (TPSA) is 95.5 Å². The van der Waals surface area contributed by atoms with Gasteiger partial charge in [-0.15, -0.1) is 0 Å². The Balaban J connectivity index is 1.91. The molecule has 3 heterocycles. The smallest absolute Gasteiger partial charge is 0.410 e. The van der Waals surface area contributed by atoms with Crippen LogP contribution in [0.25, 0.3) is 10.9 Å². The maximum absolute atomic E-state index is 12.6. The van der Waals surface area contributed by atoms with Crippen molar-refractivity contribution < 1.29 is 14.3 Å². The molecule has 2 atom stereocenters.